The van der Waals surface area contributed by atoms with Gasteiger partial charge in [0.2, 0.25) is 16.9 Å². The fourth-order valence-corrected chi connectivity index (χ4v) is 2.95. The fourth-order valence-electron chi connectivity index (χ4n) is 1.92. The fraction of sp³-hybridized carbons (Fsp3) is 0.133. The van der Waals surface area contributed by atoms with Crippen LogP contribution in [0.4, 0.5) is 5.69 Å². The Bertz CT molecular complexity index is 832. The van der Waals surface area contributed by atoms with Crippen LogP contribution in [0.25, 0.3) is 11.6 Å². The molecule has 1 unspecified atom stereocenters. The summed E-state index contributed by atoms with van der Waals surface area (Å²) in [5, 5.41) is 10.9. The van der Waals surface area contributed by atoms with Gasteiger partial charge in [0.15, 0.2) is 5.76 Å². The highest BCUT2D eigenvalue weighted by atomic mass is 79.9. The number of nitrogens with one attached hydrogen (secondary N) is 1. The molecule has 0 bridgehead atoms. The first-order valence-corrected chi connectivity index (χ1v) is 8.69. The number of nitrogens with two attached hydrogens (primary N) is 1. The zero-order valence-corrected chi connectivity index (χ0v) is 15.0. The molecule has 3 aromatic rings. The molecule has 2 heterocycles. The largest absolute Gasteiger partial charge is 0.461 e. The molecule has 0 saturated carbocycles. The minimum absolute atomic E-state index is 0.148. The van der Waals surface area contributed by atoms with Crippen molar-refractivity contribution in [1.29, 1.82) is 0 Å². The Kier molecular flexibility index (Phi) is 4.91. The van der Waals surface area contributed by atoms with E-state index in [2.05, 4.69) is 31.4 Å². The summed E-state index contributed by atoms with van der Waals surface area (Å²) < 4.78 is 7.52. The van der Waals surface area contributed by atoms with Gasteiger partial charge in [0.1, 0.15) is 0 Å². The van der Waals surface area contributed by atoms with E-state index in [1.165, 1.54) is 22.7 Å². The Morgan fingerprint density at radius 3 is 2.75 bits per heavy atom. The first-order valence-electron chi connectivity index (χ1n) is 7.02. The Labute approximate surface area is 150 Å². The van der Waals surface area contributed by atoms with Gasteiger partial charge < -0.3 is 15.6 Å². The zero-order chi connectivity index (χ0) is 17.1. The topological polar surface area (TPSA) is 99.0 Å². The Balaban J connectivity index is 1.67. The third kappa shape index (κ3) is 3.62. The van der Waals surface area contributed by atoms with Gasteiger partial charge >= 0.3 is 0 Å². The van der Waals surface area contributed by atoms with Crippen LogP contribution < -0.4 is 11.2 Å². The molecule has 0 aliphatic rings. The van der Waals surface area contributed by atoms with Gasteiger partial charge in [0.05, 0.1) is 11.5 Å². The lowest BCUT2D eigenvalue weighted by Gasteiger charge is -2.11. The second kappa shape index (κ2) is 7.10. The van der Waals surface area contributed by atoms with Crippen molar-refractivity contribution in [2.75, 3.05) is 11.2 Å². The summed E-state index contributed by atoms with van der Waals surface area (Å²) in [6, 6.07) is 10.8. The molecular weight excluding hydrogens is 394 g/mol. The molecule has 3 rings (SSSR count). The number of carbonyl (C=O) groups is 1. The van der Waals surface area contributed by atoms with E-state index in [4.69, 9.17) is 10.3 Å². The highest BCUT2D eigenvalue weighted by molar-refractivity contribution is 9.10. The molecule has 124 valence electrons. The molecule has 1 atom stereocenters. The summed E-state index contributed by atoms with van der Waals surface area (Å²) in [6.45, 7) is 1.78. The molecule has 0 aliphatic carbocycles. The van der Waals surface area contributed by atoms with Crippen LogP contribution in [-0.2, 0) is 4.79 Å². The standard InChI is InChI=1S/C15H14BrN5O2S/c1-9(14(22)18-11-6-4-10(16)5-7-11)24-15-20-19-13(21(15)17)12-3-2-8-23-12/h2-9H,17H2,1H3,(H,18,22). The van der Waals surface area contributed by atoms with Crippen molar-refractivity contribution in [2.45, 2.75) is 17.3 Å². The van der Waals surface area contributed by atoms with Crippen molar-refractivity contribution in [2.24, 2.45) is 0 Å². The van der Waals surface area contributed by atoms with Gasteiger partial charge in [0, 0.05) is 10.2 Å². The number of carbonyl (C=O) groups excluding carboxylic acids is 1. The summed E-state index contributed by atoms with van der Waals surface area (Å²) in [5.74, 6) is 6.76. The van der Waals surface area contributed by atoms with Crippen LogP contribution in [-0.4, -0.2) is 26.0 Å². The second-order valence-electron chi connectivity index (χ2n) is 4.91. The lowest BCUT2D eigenvalue weighted by atomic mass is 10.3. The molecule has 0 radical (unpaired) electrons. The van der Waals surface area contributed by atoms with E-state index < -0.39 is 5.25 Å². The van der Waals surface area contributed by atoms with Crippen molar-refractivity contribution in [3.8, 4) is 11.6 Å². The highest BCUT2D eigenvalue weighted by Crippen LogP contribution is 2.25. The molecule has 0 fully saturated rings. The number of anilines is 1. The number of furan rings is 1. The third-order valence-corrected chi connectivity index (χ3v) is 4.75. The molecule has 9 heteroatoms. The number of hydrogen-bond acceptors (Lipinski definition) is 6. The predicted molar refractivity (Wildman–Crippen MR) is 96.0 cm³/mol. The van der Waals surface area contributed by atoms with Crippen LogP contribution in [0.1, 0.15) is 6.92 Å². The van der Waals surface area contributed by atoms with Crippen molar-refractivity contribution in [3.63, 3.8) is 0 Å². The molecule has 0 spiro atoms. The average Bonchev–Trinajstić information content (AvgIpc) is 3.20. The highest BCUT2D eigenvalue weighted by Gasteiger charge is 2.20. The SMILES string of the molecule is CC(Sc1nnc(-c2ccco2)n1N)C(=O)Nc1ccc(Br)cc1. The van der Waals surface area contributed by atoms with E-state index in [1.54, 1.807) is 19.1 Å². The minimum Gasteiger partial charge on any atom is -0.461 e. The van der Waals surface area contributed by atoms with Crippen LogP contribution in [0.5, 0.6) is 0 Å². The molecule has 0 saturated heterocycles. The molecule has 2 aromatic heterocycles. The van der Waals surface area contributed by atoms with Crippen LogP contribution in [0, 0.1) is 0 Å². The summed E-state index contributed by atoms with van der Waals surface area (Å²) in [7, 11) is 0. The van der Waals surface area contributed by atoms with Gasteiger partial charge in [-0.1, -0.05) is 27.7 Å². The van der Waals surface area contributed by atoms with Crippen molar-refractivity contribution >= 4 is 39.3 Å². The summed E-state index contributed by atoms with van der Waals surface area (Å²) in [5.41, 5.74) is 0.723. The van der Waals surface area contributed by atoms with Gasteiger partial charge in [-0.25, -0.2) is 4.68 Å². The summed E-state index contributed by atoms with van der Waals surface area (Å²) >= 11 is 4.58. The molecule has 3 N–H and O–H groups in total. The average molecular weight is 408 g/mol. The van der Waals surface area contributed by atoms with Crippen molar-refractivity contribution < 1.29 is 9.21 Å². The van der Waals surface area contributed by atoms with Crippen LogP contribution in [0.2, 0.25) is 0 Å². The normalized spacial score (nSPS) is 12.1. The van der Waals surface area contributed by atoms with Crippen molar-refractivity contribution in [1.82, 2.24) is 14.9 Å². The first-order chi connectivity index (χ1) is 11.5. The lowest BCUT2D eigenvalue weighted by molar-refractivity contribution is -0.115. The maximum atomic E-state index is 12.3. The summed E-state index contributed by atoms with van der Waals surface area (Å²) in [4.78, 5) is 12.3. The number of halogens is 1. The van der Waals surface area contributed by atoms with Gasteiger partial charge in [-0.3, -0.25) is 4.79 Å². The minimum atomic E-state index is -0.399. The van der Waals surface area contributed by atoms with Crippen LogP contribution >= 0.6 is 27.7 Å². The number of benzene rings is 1. The zero-order valence-electron chi connectivity index (χ0n) is 12.6. The Hall–Kier alpha value is -2.26. The van der Waals surface area contributed by atoms with E-state index in [1.807, 2.05) is 24.3 Å². The van der Waals surface area contributed by atoms with Crippen molar-refractivity contribution in [3.05, 3.63) is 47.1 Å². The van der Waals surface area contributed by atoms with E-state index >= 15 is 0 Å². The number of hydrogen-bond donors (Lipinski definition) is 2. The number of rotatable bonds is 5. The van der Waals surface area contributed by atoms with Gasteiger partial charge in [-0.2, -0.15) is 0 Å². The quantitative estimate of drug-likeness (QED) is 0.497. The predicted octanol–water partition coefficient (Wildman–Crippen LogP) is 3.13. The number of aromatic nitrogens is 3. The van der Waals surface area contributed by atoms with Gasteiger partial charge in [-0.05, 0) is 43.3 Å². The number of nitrogens with zero attached hydrogens (tertiary/aromatic N) is 3. The van der Waals surface area contributed by atoms with Gasteiger partial charge in [0.25, 0.3) is 0 Å². The summed E-state index contributed by atoms with van der Waals surface area (Å²) in [6.07, 6.45) is 1.53. The lowest BCUT2D eigenvalue weighted by Crippen LogP contribution is -2.23. The van der Waals surface area contributed by atoms with E-state index in [0.29, 0.717) is 16.7 Å². The van der Waals surface area contributed by atoms with Gasteiger partial charge in [-0.15, -0.1) is 10.2 Å². The molecule has 1 amide bonds. The van der Waals surface area contributed by atoms with E-state index in [9.17, 15) is 4.79 Å². The Morgan fingerprint density at radius 2 is 2.08 bits per heavy atom. The monoisotopic (exact) mass is 407 g/mol. The van der Waals surface area contributed by atoms with Crippen LogP contribution in [0.15, 0.2) is 56.7 Å². The molecule has 1 aromatic carbocycles. The van der Waals surface area contributed by atoms with E-state index in [0.717, 1.165) is 10.2 Å². The smallest absolute Gasteiger partial charge is 0.237 e. The number of thioether (sulfide) groups is 1. The maximum absolute atomic E-state index is 12.3. The molecule has 7 nitrogen and oxygen atoms in total. The molecular formula is C15H14BrN5O2S. The van der Waals surface area contributed by atoms with Crippen LogP contribution in [0.3, 0.4) is 0 Å². The molecule has 24 heavy (non-hydrogen) atoms. The van der Waals surface area contributed by atoms with E-state index in [-0.39, 0.29) is 5.91 Å². The Morgan fingerprint density at radius 1 is 1.33 bits per heavy atom. The third-order valence-electron chi connectivity index (χ3n) is 3.17. The maximum Gasteiger partial charge on any atom is 0.237 e. The molecule has 0 aliphatic heterocycles. The first kappa shape index (κ1) is 16.6. The number of nitrogen functional groups attached to an aromatic ring is 1. The second-order valence-corrected chi connectivity index (χ2v) is 7.13. The number of amides is 1.